The second-order valence-corrected chi connectivity index (χ2v) is 10.2. The minimum atomic E-state index is 0.209. The zero-order chi connectivity index (χ0) is 22.1. The smallest absolute Gasteiger partial charge is 0.224 e. The summed E-state index contributed by atoms with van der Waals surface area (Å²) in [5.74, 6) is 2.82. The van der Waals surface area contributed by atoms with E-state index in [1.807, 2.05) is 19.2 Å². The van der Waals surface area contributed by atoms with Crippen molar-refractivity contribution in [1.82, 2.24) is 19.9 Å². The third-order valence-corrected chi connectivity index (χ3v) is 7.43. The van der Waals surface area contributed by atoms with Crippen molar-refractivity contribution in [2.24, 2.45) is 5.92 Å². The van der Waals surface area contributed by atoms with Crippen LogP contribution in [0.2, 0.25) is 0 Å². The molecule has 3 aromatic heterocycles. The average molecular weight is 453 g/mol. The van der Waals surface area contributed by atoms with Crippen LogP contribution in [0, 0.1) is 12.8 Å². The van der Waals surface area contributed by atoms with Crippen molar-refractivity contribution in [2.75, 3.05) is 23.8 Å². The fourth-order valence-electron chi connectivity index (χ4n) is 4.08. The van der Waals surface area contributed by atoms with Crippen LogP contribution in [0.5, 0.6) is 0 Å². The number of nitrogens with one attached hydrogen (secondary N) is 2. The van der Waals surface area contributed by atoms with Gasteiger partial charge in [-0.15, -0.1) is 11.3 Å². The highest BCUT2D eigenvalue weighted by Gasteiger charge is 2.33. The first kappa shape index (κ1) is 21.5. The summed E-state index contributed by atoms with van der Waals surface area (Å²) in [6, 6.07) is 2.28. The van der Waals surface area contributed by atoms with Gasteiger partial charge in [-0.05, 0) is 63.9 Å². The average Bonchev–Trinajstić information content (AvgIpc) is 3.73. The fraction of sp³-hybridized carbons (Fsp3) is 0.583. The van der Waals surface area contributed by atoms with Gasteiger partial charge in [-0.3, -0.25) is 4.98 Å². The predicted molar refractivity (Wildman–Crippen MR) is 130 cm³/mol. The molecule has 2 fully saturated rings. The number of hydrogen-bond acceptors (Lipinski definition) is 8. The highest BCUT2D eigenvalue weighted by Crippen LogP contribution is 2.47. The number of rotatable bonds is 11. The molecule has 1 atom stereocenters. The molecule has 5 rings (SSSR count). The minimum absolute atomic E-state index is 0.209. The molecule has 8 heteroatoms. The quantitative estimate of drug-likeness (QED) is 0.372. The van der Waals surface area contributed by atoms with Gasteiger partial charge in [-0.25, -0.2) is 9.97 Å². The normalized spacial score (nSPS) is 17.0. The zero-order valence-corrected chi connectivity index (χ0v) is 19.7. The van der Waals surface area contributed by atoms with Crippen molar-refractivity contribution >= 4 is 33.3 Å². The van der Waals surface area contributed by atoms with Gasteiger partial charge in [0.05, 0.1) is 21.7 Å². The van der Waals surface area contributed by atoms with E-state index in [9.17, 15) is 5.11 Å². The van der Waals surface area contributed by atoms with Crippen LogP contribution in [-0.4, -0.2) is 44.2 Å². The first-order valence-electron chi connectivity index (χ1n) is 11.9. The molecule has 0 aromatic carbocycles. The monoisotopic (exact) mass is 452 g/mol. The molecule has 170 valence electrons. The summed E-state index contributed by atoms with van der Waals surface area (Å²) in [6.45, 7) is 5.34. The number of aliphatic hydroxyl groups is 1. The largest absolute Gasteiger partial charge is 0.396 e. The van der Waals surface area contributed by atoms with Gasteiger partial charge in [0.1, 0.15) is 16.3 Å². The van der Waals surface area contributed by atoms with Gasteiger partial charge in [0.15, 0.2) is 0 Å². The minimum Gasteiger partial charge on any atom is -0.396 e. The predicted octanol–water partition coefficient (Wildman–Crippen LogP) is 5.12. The van der Waals surface area contributed by atoms with Crippen LogP contribution in [0.25, 0.3) is 20.8 Å². The lowest BCUT2D eigenvalue weighted by atomic mass is 10.1. The third kappa shape index (κ3) is 4.71. The SMILES string of the molecule is CCC(CCCO)Nc1nc(NCC2CC2)nc(C2CC2)c1-c1nc2c(C)nccc2s1. The second-order valence-electron chi connectivity index (χ2n) is 9.13. The molecule has 2 aliphatic carbocycles. The van der Waals surface area contributed by atoms with Gasteiger partial charge in [-0.2, -0.15) is 4.98 Å². The standard InChI is InChI=1S/C24H32N6OS/c1-3-17(5-4-12-31)27-22-19(23-28-20-14(2)25-11-10-18(20)32-23)21(16-8-9-16)29-24(30-22)26-13-15-6-7-15/h10-11,15-17,31H,3-9,12-13H2,1-2H3,(H2,26,27,29,30). The van der Waals surface area contributed by atoms with Crippen LogP contribution >= 0.6 is 11.3 Å². The van der Waals surface area contributed by atoms with E-state index in [1.165, 1.54) is 25.7 Å². The number of fused-ring (bicyclic) bond motifs is 1. The van der Waals surface area contributed by atoms with Crippen LogP contribution in [0.3, 0.4) is 0 Å². The lowest BCUT2D eigenvalue weighted by Gasteiger charge is -2.21. The molecule has 0 amide bonds. The molecule has 2 aliphatic rings. The van der Waals surface area contributed by atoms with E-state index in [1.54, 1.807) is 11.3 Å². The molecule has 3 aromatic rings. The number of aliphatic hydroxyl groups excluding tert-OH is 1. The Bertz CT molecular complexity index is 1090. The molecule has 1 unspecified atom stereocenters. The van der Waals surface area contributed by atoms with Gasteiger partial charge >= 0.3 is 0 Å². The second kappa shape index (κ2) is 9.27. The summed E-state index contributed by atoms with van der Waals surface area (Å²) >= 11 is 1.69. The van der Waals surface area contributed by atoms with Gasteiger partial charge in [-0.1, -0.05) is 6.92 Å². The topological polar surface area (TPSA) is 95.8 Å². The summed E-state index contributed by atoms with van der Waals surface area (Å²) in [7, 11) is 0. The van der Waals surface area contributed by atoms with Crippen molar-refractivity contribution in [3.05, 3.63) is 23.7 Å². The summed E-state index contributed by atoms with van der Waals surface area (Å²) in [6.07, 6.45) is 9.42. The van der Waals surface area contributed by atoms with Gasteiger partial charge < -0.3 is 15.7 Å². The summed E-state index contributed by atoms with van der Waals surface area (Å²) in [5, 5.41) is 17.5. The van der Waals surface area contributed by atoms with E-state index < -0.39 is 0 Å². The van der Waals surface area contributed by atoms with E-state index in [-0.39, 0.29) is 12.6 Å². The van der Waals surface area contributed by atoms with Crippen molar-refractivity contribution in [3.63, 3.8) is 0 Å². The van der Waals surface area contributed by atoms with Crippen LogP contribution in [0.1, 0.15) is 69.2 Å². The number of anilines is 2. The van der Waals surface area contributed by atoms with Crippen molar-refractivity contribution in [1.29, 1.82) is 0 Å². The molecule has 0 radical (unpaired) electrons. The summed E-state index contributed by atoms with van der Waals surface area (Å²) in [4.78, 5) is 19.4. The Kier molecular flexibility index (Phi) is 6.24. The molecule has 0 aliphatic heterocycles. The molecular formula is C24H32N6OS. The number of aromatic nitrogens is 4. The number of aryl methyl sites for hydroxylation is 1. The van der Waals surface area contributed by atoms with E-state index in [0.717, 1.165) is 75.7 Å². The maximum Gasteiger partial charge on any atom is 0.224 e. The molecule has 3 heterocycles. The highest BCUT2D eigenvalue weighted by molar-refractivity contribution is 7.21. The van der Waals surface area contributed by atoms with Crippen LogP contribution < -0.4 is 10.6 Å². The van der Waals surface area contributed by atoms with Crippen molar-refractivity contribution in [3.8, 4) is 10.6 Å². The maximum absolute atomic E-state index is 9.34. The zero-order valence-electron chi connectivity index (χ0n) is 18.9. The lowest BCUT2D eigenvalue weighted by molar-refractivity contribution is 0.280. The molecule has 0 saturated heterocycles. The Hall–Kier alpha value is -2.32. The molecule has 0 bridgehead atoms. The first-order valence-corrected chi connectivity index (χ1v) is 12.7. The van der Waals surface area contributed by atoms with Crippen LogP contribution in [0.15, 0.2) is 12.3 Å². The van der Waals surface area contributed by atoms with E-state index in [2.05, 4.69) is 22.5 Å². The Morgan fingerprint density at radius 2 is 2.03 bits per heavy atom. The highest BCUT2D eigenvalue weighted by atomic mass is 32.1. The number of pyridine rings is 1. The Labute approximate surface area is 193 Å². The number of nitrogens with zero attached hydrogens (tertiary/aromatic N) is 4. The number of hydrogen-bond donors (Lipinski definition) is 3. The van der Waals surface area contributed by atoms with E-state index in [0.29, 0.717) is 5.92 Å². The Morgan fingerprint density at radius 3 is 2.72 bits per heavy atom. The van der Waals surface area contributed by atoms with Gasteiger partial charge in [0, 0.05) is 31.3 Å². The van der Waals surface area contributed by atoms with Crippen molar-refractivity contribution < 1.29 is 5.11 Å². The number of thiazole rings is 1. The Morgan fingerprint density at radius 1 is 1.19 bits per heavy atom. The molecule has 32 heavy (non-hydrogen) atoms. The summed E-state index contributed by atoms with van der Waals surface area (Å²) in [5.41, 5.74) is 4.07. The third-order valence-electron chi connectivity index (χ3n) is 6.40. The first-order chi connectivity index (χ1) is 15.7. The lowest BCUT2D eigenvalue weighted by Crippen LogP contribution is -2.21. The van der Waals surface area contributed by atoms with E-state index >= 15 is 0 Å². The maximum atomic E-state index is 9.34. The summed E-state index contributed by atoms with van der Waals surface area (Å²) < 4.78 is 1.14. The van der Waals surface area contributed by atoms with Crippen molar-refractivity contribution in [2.45, 2.75) is 70.8 Å². The Balaban J connectivity index is 1.58. The molecule has 7 nitrogen and oxygen atoms in total. The molecular weight excluding hydrogens is 420 g/mol. The van der Waals surface area contributed by atoms with E-state index in [4.69, 9.17) is 15.0 Å². The molecule has 0 spiro atoms. The molecule has 3 N–H and O–H groups in total. The van der Waals surface area contributed by atoms with Gasteiger partial charge in [0.2, 0.25) is 5.95 Å². The van der Waals surface area contributed by atoms with Gasteiger partial charge in [0.25, 0.3) is 0 Å². The molecule has 2 saturated carbocycles. The fourth-order valence-corrected chi connectivity index (χ4v) is 5.15. The van der Waals surface area contributed by atoms with Crippen LogP contribution in [0.4, 0.5) is 11.8 Å². The van der Waals surface area contributed by atoms with Crippen LogP contribution in [-0.2, 0) is 0 Å².